The number of rotatable bonds is 6. The Morgan fingerprint density at radius 2 is 2.00 bits per heavy atom. The summed E-state index contributed by atoms with van der Waals surface area (Å²) in [6.45, 7) is 2.95. The molecular weight excluding hydrogens is 228 g/mol. The van der Waals surface area contributed by atoms with Gasteiger partial charge < -0.3 is 14.6 Å². The van der Waals surface area contributed by atoms with Crippen molar-refractivity contribution in [2.75, 3.05) is 13.7 Å². The molecule has 0 aliphatic carbocycles. The average molecular weight is 248 g/mol. The largest absolute Gasteiger partial charge is 0.497 e. The minimum atomic E-state index is -0.537. The molecule has 1 unspecified atom stereocenters. The molecule has 1 aromatic carbocycles. The fraction of sp³-hybridized carbons (Fsp3) is 0.467. The van der Waals surface area contributed by atoms with Gasteiger partial charge in [-0.3, -0.25) is 0 Å². The van der Waals surface area contributed by atoms with Crippen LogP contribution in [0.3, 0.4) is 0 Å². The van der Waals surface area contributed by atoms with E-state index in [4.69, 9.17) is 14.6 Å². The maximum absolute atomic E-state index is 8.93. The summed E-state index contributed by atoms with van der Waals surface area (Å²) in [5.74, 6) is 6.46. The first-order valence-electron chi connectivity index (χ1n) is 6.09. The van der Waals surface area contributed by atoms with Gasteiger partial charge in [0.25, 0.3) is 0 Å². The molecule has 0 amide bonds. The lowest BCUT2D eigenvalue weighted by atomic mass is 10.2. The predicted octanol–water partition coefficient (Wildman–Crippen LogP) is 2.38. The van der Waals surface area contributed by atoms with E-state index >= 15 is 0 Å². The van der Waals surface area contributed by atoms with Crippen LogP contribution in [-0.2, 0) is 11.3 Å². The van der Waals surface area contributed by atoms with Gasteiger partial charge in [0.1, 0.15) is 11.9 Å². The van der Waals surface area contributed by atoms with E-state index in [-0.39, 0.29) is 0 Å². The molecule has 0 aromatic heterocycles. The minimum absolute atomic E-state index is 0.537. The van der Waals surface area contributed by atoms with Crippen molar-refractivity contribution in [2.45, 2.75) is 32.5 Å². The third kappa shape index (κ3) is 6.29. The second-order valence-corrected chi connectivity index (χ2v) is 4.00. The number of hydrogen-bond donors (Lipinski definition) is 1. The van der Waals surface area contributed by atoms with Crippen molar-refractivity contribution in [3.63, 3.8) is 0 Å². The number of aliphatic hydroxyl groups excluding tert-OH is 1. The Balaban J connectivity index is 2.12. The van der Waals surface area contributed by atoms with Crippen LogP contribution in [0.25, 0.3) is 0 Å². The molecule has 0 fully saturated rings. The van der Waals surface area contributed by atoms with E-state index in [9.17, 15) is 0 Å². The van der Waals surface area contributed by atoms with E-state index in [0.717, 1.165) is 24.2 Å². The van der Waals surface area contributed by atoms with Crippen LogP contribution in [0.2, 0.25) is 0 Å². The van der Waals surface area contributed by atoms with Gasteiger partial charge in [-0.2, -0.15) is 0 Å². The molecule has 0 saturated heterocycles. The Morgan fingerprint density at radius 1 is 1.28 bits per heavy atom. The zero-order valence-electron chi connectivity index (χ0n) is 11.0. The smallest absolute Gasteiger partial charge is 0.118 e. The Hall–Kier alpha value is -1.50. The number of aliphatic hydroxyl groups is 1. The van der Waals surface area contributed by atoms with Crippen molar-refractivity contribution in [1.82, 2.24) is 0 Å². The molecular formula is C15H20O3. The first kappa shape index (κ1) is 14.6. The number of ether oxygens (including phenoxy) is 2. The molecule has 0 spiro atoms. The van der Waals surface area contributed by atoms with Crippen LogP contribution in [0, 0.1) is 11.8 Å². The Labute approximate surface area is 109 Å². The summed E-state index contributed by atoms with van der Waals surface area (Å²) in [5, 5.41) is 8.93. The maximum atomic E-state index is 8.93. The lowest BCUT2D eigenvalue weighted by molar-refractivity contribution is 0.119. The van der Waals surface area contributed by atoms with Crippen LogP contribution in [0.4, 0.5) is 0 Å². The molecule has 1 N–H and O–H groups in total. The van der Waals surface area contributed by atoms with Gasteiger partial charge in [-0.05, 0) is 31.0 Å². The number of methoxy groups -OCH3 is 1. The third-order valence-electron chi connectivity index (χ3n) is 2.33. The standard InChI is InChI=1S/C15H20O3/c1-13(16)6-4-3-5-11-18-12-14-7-9-15(17-2)10-8-14/h7-10,13,16H,3,5,11-12H2,1-2H3. The second kappa shape index (κ2) is 8.57. The third-order valence-corrected chi connectivity index (χ3v) is 2.33. The molecule has 3 heteroatoms. The van der Waals surface area contributed by atoms with Crippen LogP contribution >= 0.6 is 0 Å². The molecule has 1 rings (SSSR count). The van der Waals surface area contributed by atoms with Crippen molar-refractivity contribution in [3.8, 4) is 17.6 Å². The van der Waals surface area contributed by atoms with Gasteiger partial charge in [-0.25, -0.2) is 0 Å². The lowest BCUT2D eigenvalue weighted by Gasteiger charge is -2.04. The monoisotopic (exact) mass is 248 g/mol. The lowest BCUT2D eigenvalue weighted by Crippen LogP contribution is -1.96. The molecule has 0 radical (unpaired) electrons. The van der Waals surface area contributed by atoms with E-state index < -0.39 is 6.10 Å². The summed E-state index contributed by atoms with van der Waals surface area (Å²) in [6.07, 6.45) is 1.11. The number of benzene rings is 1. The van der Waals surface area contributed by atoms with Gasteiger partial charge in [0.2, 0.25) is 0 Å². The van der Waals surface area contributed by atoms with Crippen molar-refractivity contribution in [2.24, 2.45) is 0 Å². The van der Waals surface area contributed by atoms with E-state index in [1.807, 2.05) is 24.3 Å². The van der Waals surface area contributed by atoms with Crippen molar-refractivity contribution >= 4 is 0 Å². The summed E-state index contributed by atoms with van der Waals surface area (Å²) < 4.78 is 10.6. The number of hydrogen-bond acceptors (Lipinski definition) is 3. The average Bonchev–Trinajstić information content (AvgIpc) is 2.38. The molecule has 0 heterocycles. The van der Waals surface area contributed by atoms with E-state index in [1.54, 1.807) is 14.0 Å². The summed E-state index contributed by atoms with van der Waals surface area (Å²) in [6, 6.07) is 7.83. The van der Waals surface area contributed by atoms with Crippen molar-refractivity contribution in [3.05, 3.63) is 29.8 Å². The summed E-state index contributed by atoms with van der Waals surface area (Å²) in [5.41, 5.74) is 1.13. The van der Waals surface area contributed by atoms with Crippen LogP contribution < -0.4 is 4.74 Å². The van der Waals surface area contributed by atoms with Gasteiger partial charge in [-0.15, -0.1) is 5.92 Å². The molecule has 18 heavy (non-hydrogen) atoms. The highest BCUT2D eigenvalue weighted by Gasteiger charge is 1.94. The van der Waals surface area contributed by atoms with Crippen LogP contribution in [0.15, 0.2) is 24.3 Å². The first-order chi connectivity index (χ1) is 8.72. The molecule has 1 atom stereocenters. The van der Waals surface area contributed by atoms with E-state index in [1.165, 1.54) is 0 Å². The fourth-order valence-electron chi connectivity index (χ4n) is 1.39. The quantitative estimate of drug-likeness (QED) is 0.620. The fourth-order valence-corrected chi connectivity index (χ4v) is 1.39. The molecule has 0 aliphatic rings. The van der Waals surface area contributed by atoms with Crippen molar-refractivity contribution in [1.29, 1.82) is 0 Å². The van der Waals surface area contributed by atoms with Crippen LogP contribution in [0.5, 0.6) is 5.75 Å². The SMILES string of the molecule is COc1ccc(COCCCC#CC(C)O)cc1. The normalized spacial score (nSPS) is 11.5. The van der Waals surface area contributed by atoms with Crippen LogP contribution in [0.1, 0.15) is 25.3 Å². The summed E-state index contributed by atoms with van der Waals surface area (Å²) >= 11 is 0. The van der Waals surface area contributed by atoms with Gasteiger partial charge in [0.15, 0.2) is 0 Å². The Bertz CT molecular complexity index is 384. The van der Waals surface area contributed by atoms with Gasteiger partial charge in [-0.1, -0.05) is 18.1 Å². The Morgan fingerprint density at radius 3 is 2.61 bits per heavy atom. The zero-order chi connectivity index (χ0) is 13.2. The molecule has 3 nitrogen and oxygen atoms in total. The highest BCUT2D eigenvalue weighted by Crippen LogP contribution is 2.11. The number of unbranched alkanes of at least 4 members (excludes halogenated alkanes) is 1. The molecule has 98 valence electrons. The summed E-state index contributed by atoms with van der Waals surface area (Å²) in [7, 11) is 1.65. The van der Waals surface area contributed by atoms with Gasteiger partial charge >= 0.3 is 0 Å². The molecule has 0 saturated carbocycles. The van der Waals surface area contributed by atoms with Gasteiger partial charge in [0, 0.05) is 13.0 Å². The molecule has 1 aromatic rings. The predicted molar refractivity (Wildman–Crippen MR) is 71.3 cm³/mol. The zero-order valence-corrected chi connectivity index (χ0v) is 11.0. The van der Waals surface area contributed by atoms with Crippen molar-refractivity contribution < 1.29 is 14.6 Å². The van der Waals surface area contributed by atoms with Crippen LogP contribution in [-0.4, -0.2) is 24.9 Å². The maximum Gasteiger partial charge on any atom is 0.118 e. The van der Waals surface area contributed by atoms with Gasteiger partial charge in [0.05, 0.1) is 13.7 Å². The first-order valence-corrected chi connectivity index (χ1v) is 6.09. The Kier molecular flexibility index (Phi) is 6.93. The van der Waals surface area contributed by atoms with E-state index in [2.05, 4.69) is 11.8 Å². The minimum Gasteiger partial charge on any atom is -0.497 e. The second-order valence-electron chi connectivity index (χ2n) is 4.00. The summed E-state index contributed by atoms with van der Waals surface area (Å²) in [4.78, 5) is 0. The highest BCUT2D eigenvalue weighted by atomic mass is 16.5. The molecule has 0 bridgehead atoms. The highest BCUT2D eigenvalue weighted by molar-refractivity contribution is 5.26. The molecule has 0 aliphatic heterocycles. The van der Waals surface area contributed by atoms with E-state index in [0.29, 0.717) is 13.2 Å². The topological polar surface area (TPSA) is 38.7 Å².